The summed E-state index contributed by atoms with van der Waals surface area (Å²) in [7, 11) is 0. The molecule has 1 heterocycles. The van der Waals surface area contributed by atoms with E-state index in [4.69, 9.17) is 27.9 Å². The Kier molecular flexibility index (Phi) is 6.48. The molecule has 0 spiro atoms. The molecule has 1 aliphatic rings. The van der Waals surface area contributed by atoms with Crippen molar-refractivity contribution in [2.24, 2.45) is 0 Å². The van der Waals surface area contributed by atoms with Gasteiger partial charge in [0, 0.05) is 10.6 Å². The Labute approximate surface area is 150 Å². The summed E-state index contributed by atoms with van der Waals surface area (Å²) in [5.41, 5.74) is 1.91. The molecular formula is C16H20Cl2N3O3+. The summed E-state index contributed by atoms with van der Waals surface area (Å²) in [5, 5.41) is 8.40. The maximum atomic E-state index is 12.0. The first-order valence-electron chi connectivity index (χ1n) is 7.64. The van der Waals surface area contributed by atoms with Crippen LogP contribution < -0.4 is 16.0 Å². The van der Waals surface area contributed by atoms with Crippen molar-refractivity contribution in [2.45, 2.75) is 19.9 Å². The highest BCUT2D eigenvalue weighted by atomic mass is 35.5. The highest BCUT2D eigenvalue weighted by Crippen LogP contribution is 2.24. The zero-order chi connectivity index (χ0) is 17.7. The summed E-state index contributed by atoms with van der Waals surface area (Å²) in [4.78, 5) is 23.5. The first-order chi connectivity index (χ1) is 11.4. The molecule has 0 radical (unpaired) electrons. The smallest absolute Gasteiger partial charge is 0.337 e. The number of ether oxygens (including phenoxy) is 1. The van der Waals surface area contributed by atoms with Gasteiger partial charge in [0.25, 0.3) is 0 Å². The number of esters is 1. The van der Waals surface area contributed by atoms with Crippen LogP contribution in [0.5, 0.6) is 0 Å². The van der Waals surface area contributed by atoms with Crippen LogP contribution in [0.2, 0.25) is 10.0 Å². The molecule has 1 aromatic rings. The fraction of sp³-hybridized carbons (Fsp3) is 0.375. The van der Waals surface area contributed by atoms with Crippen LogP contribution in [-0.2, 0) is 9.53 Å². The standard InChI is InChI=1S/C16H19Cl2N3O3/c1-3-24-15(22)12-7-20-16(23)21-14(12)8-19-9(2)11-5-4-10(17)6-13(11)18/h4-6,9,19H,3,7-8H2,1-2H3,(H2,20,21,23)/p+1/t9-/m0/s1. The third-order valence-corrected chi connectivity index (χ3v) is 4.27. The van der Waals surface area contributed by atoms with Crippen molar-refractivity contribution < 1.29 is 19.6 Å². The van der Waals surface area contributed by atoms with E-state index in [1.807, 2.05) is 18.3 Å². The predicted molar refractivity (Wildman–Crippen MR) is 91.9 cm³/mol. The van der Waals surface area contributed by atoms with E-state index in [2.05, 4.69) is 10.6 Å². The molecule has 1 aromatic carbocycles. The largest absolute Gasteiger partial charge is 0.463 e. The second-order valence-electron chi connectivity index (χ2n) is 5.38. The Balaban J connectivity index is 2.11. The van der Waals surface area contributed by atoms with Gasteiger partial charge >= 0.3 is 12.0 Å². The molecule has 0 saturated heterocycles. The van der Waals surface area contributed by atoms with E-state index in [0.717, 1.165) is 5.56 Å². The van der Waals surface area contributed by atoms with Gasteiger partial charge in [0.15, 0.2) is 0 Å². The van der Waals surface area contributed by atoms with E-state index in [1.165, 1.54) is 0 Å². The van der Waals surface area contributed by atoms with Gasteiger partial charge in [0.2, 0.25) is 0 Å². The van der Waals surface area contributed by atoms with Crippen LogP contribution in [0, 0.1) is 0 Å². The summed E-state index contributed by atoms with van der Waals surface area (Å²) < 4.78 is 5.03. The SMILES string of the molecule is CCOC(=O)C1=C(C[NH2+][C@@H](C)c2ccc(Cl)cc2Cl)NC(=O)NC1. The number of hydrogen-bond donors (Lipinski definition) is 3. The minimum Gasteiger partial charge on any atom is -0.463 e. The molecule has 1 aliphatic heterocycles. The topological polar surface area (TPSA) is 84.0 Å². The van der Waals surface area contributed by atoms with Gasteiger partial charge in [-0.05, 0) is 26.0 Å². The van der Waals surface area contributed by atoms with Gasteiger partial charge in [-0.1, -0.05) is 29.3 Å². The summed E-state index contributed by atoms with van der Waals surface area (Å²) in [6.07, 6.45) is 0. The van der Waals surface area contributed by atoms with Gasteiger partial charge in [-0.15, -0.1) is 0 Å². The Hall–Kier alpha value is -1.76. The lowest BCUT2D eigenvalue weighted by Crippen LogP contribution is -2.86. The van der Waals surface area contributed by atoms with Crippen molar-refractivity contribution in [1.82, 2.24) is 10.6 Å². The molecule has 0 aromatic heterocycles. The van der Waals surface area contributed by atoms with Crippen LogP contribution >= 0.6 is 23.2 Å². The number of benzene rings is 1. The van der Waals surface area contributed by atoms with Gasteiger partial charge in [-0.3, -0.25) is 0 Å². The number of nitrogens with two attached hydrogens (primary N) is 1. The Morgan fingerprint density at radius 2 is 2.17 bits per heavy atom. The first-order valence-corrected chi connectivity index (χ1v) is 8.40. The molecule has 8 heteroatoms. The quantitative estimate of drug-likeness (QED) is 0.665. The fourth-order valence-corrected chi connectivity index (χ4v) is 2.99. The van der Waals surface area contributed by atoms with Crippen LogP contribution in [0.1, 0.15) is 25.5 Å². The maximum absolute atomic E-state index is 12.0. The minimum absolute atomic E-state index is 0.0255. The number of carbonyl (C=O) groups excluding carboxylic acids is 2. The molecule has 0 saturated carbocycles. The molecule has 0 fully saturated rings. The molecule has 2 rings (SSSR count). The van der Waals surface area contributed by atoms with Crippen LogP contribution in [0.3, 0.4) is 0 Å². The van der Waals surface area contributed by atoms with E-state index >= 15 is 0 Å². The van der Waals surface area contributed by atoms with Gasteiger partial charge in [-0.2, -0.15) is 0 Å². The van der Waals surface area contributed by atoms with Crippen molar-refractivity contribution >= 4 is 35.2 Å². The summed E-state index contributed by atoms with van der Waals surface area (Å²) in [6, 6.07) is 5.04. The van der Waals surface area contributed by atoms with Crippen molar-refractivity contribution in [2.75, 3.05) is 19.7 Å². The van der Waals surface area contributed by atoms with Crippen molar-refractivity contribution in [1.29, 1.82) is 0 Å². The maximum Gasteiger partial charge on any atom is 0.337 e. The zero-order valence-corrected chi connectivity index (χ0v) is 15.0. The van der Waals surface area contributed by atoms with E-state index < -0.39 is 5.97 Å². The molecule has 2 amide bonds. The third-order valence-electron chi connectivity index (χ3n) is 3.70. The number of quaternary nitrogens is 1. The highest BCUT2D eigenvalue weighted by Gasteiger charge is 2.25. The van der Waals surface area contributed by atoms with Gasteiger partial charge in [-0.25, -0.2) is 9.59 Å². The van der Waals surface area contributed by atoms with Crippen LogP contribution in [0.4, 0.5) is 4.79 Å². The van der Waals surface area contributed by atoms with Crippen LogP contribution in [0.25, 0.3) is 0 Å². The van der Waals surface area contributed by atoms with Crippen LogP contribution in [0.15, 0.2) is 29.5 Å². The Morgan fingerprint density at radius 3 is 2.83 bits per heavy atom. The van der Waals surface area contributed by atoms with Crippen molar-refractivity contribution in [3.63, 3.8) is 0 Å². The van der Waals surface area contributed by atoms with Gasteiger partial charge in [0.1, 0.15) is 12.6 Å². The monoisotopic (exact) mass is 372 g/mol. The van der Waals surface area contributed by atoms with Gasteiger partial charge < -0.3 is 20.7 Å². The molecule has 1 atom stereocenters. The van der Waals surface area contributed by atoms with E-state index in [-0.39, 0.29) is 25.2 Å². The molecule has 0 aliphatic carbocycles. The van der Waals surface area contributed by atoms with E-state index in [9.17, 15) is 9.59 Å². The number of hydrogen-bond acceptors (Lipinski definition) is 3. The lowest BCUT2D eigenvalue weighted by atomic mass is 10.1. The molecule has 0 bridgehead atoms. The first kappa shape index (κ1) is 18.6. The summed E-state index contributed by atoms with van der Waals surface area (Å²) in [5.74, 6) is -0.425. The second kappa shape index (κ2) is 8.37. The number of carbonyl (C=O) groups is 2. The normalized spacial score (nSPS) is 15.6. The summed E-state index contributed by atoms with van der Waals surface area (Å²) >= 11 is 12.1. The molecule has 24 heavy (non-hydrogen) atoms. The zero-order valence-electron chi connectivity index (χ0n) is 13.5. The number of rotatable bonds is 6. The molecular weight excluding hydrogens is 353 g/mol. The molecule has 6 nitrogen and oxygen atoms in total. The average molecular weight is 373 g/mol. The van der Waals surface area contributed by atoms with Crippen LogP contribution in [-0.4, -0.2) is 31.7 Å². The molecule has 4 N–H and O–H groups in total. The van der Waals surface area contributed by atoms with Crippen molar-refractivity contribution in [3.05, 3.63) is 45.1 Å². The second-order valence-corrected chi connectivity index (χ2v) is 6.22. The molecule has 0 unspecified atom stereocenters. The molecule has 130 valence electrons. The lowest BCUT2D eigenvalue weighted by molar-refractivity contribution is -0.686. The van der Waals surface area contributed by atoms with E-state index in [1.54, 1.807) is 19.1 Å². The van der Waals surface area contributed by atoms with E-state index in [0.29, 0.717) is 27.9 Å². The van der Waals surface area contributed by atoms with Gasteiger partial charge in [0.05, 0.1) is 29.4 Å². The summed E-state index contributed by atoms with van der Waals surface area (Å²) in [6.45, 7) is 4.59. The predicted octanol–water partition coefficient (Wildman–Crippen LogP) is 1.75. The lowest BCUT2D eigenvalue weighted by Gasteiger charge is -2.21. The Bertz CT molecular complexity index is 677. The number of halogens is 2. The number of urea groups is 1. The average Bonchev–Trinajstić information content (AvgIpc) is 2.52. The van der Waals surface area contributed by atoms with Crippen molar-refractivity contribution in [3.8, 4) is 0 Å². The third kappa shape index (κ3) is 4.63. The number of nitrogens with one attached hydrogen (secondary N) is 2. The number of amides is 2. The highest BCUT2D eigenvalue weighted by molar-refractivity contribution is 6.35. The fourth-order valence-electron chi connectivity index (χ4n) is 2.41. The minimum atomic E-state index is -0.425. The Morgan fingerprint density at radius 1 is 1.42 bits per heavy atom.